The highest BCUT2D eigenvalue weighted by Crippen LogP contribution is 2.28. The number of hydrogen-bond donors (Lipinski definition) is 2. The molecule has 0 amide bonds. The molecule has 0 aliphatic carbocycles. The number of hydrogen-bond acceptors (Lipinski definition) is 5. The highest BCUT2D eigenvalue weighted by molar-refractivity contribution is 7.85. The molecule has 0 aliphatic rings. The van der Waals surface area contributed by atoms with Crippen molar-refractivity contribution in [1.82, 2.24) is 9.97 Å². The molecular weight excluding hydrogens is 495 g/mol. The summed E-state index contributed by atoms with van der Waals surface area (Å²) in [6.45, 7) is 1.88. The number of nitrogens with one attached hydrogen (secondary N) is 1. The molecule has 0 aliphatic heterocycles. The number of aromatic amines is 1. The standard InChI is InChI=1S/C25H28Cl2N2O4S/c1-3-34(31)20-10-8-17(9-11-20)21(15-30)25-28-22(23(14-26)29-25)13-19(27)12-18-6-4-5-7-24(18)33-16-32-2/h4-11,13,21,30H,3,12,14-16H2,1-2H3,(H,28,29)/b19-13+. The first-order valence-electron chi connectivity index (χ1n) is 10.8. The van der Waals surface area contributed by atoms with Gasteiger partial charge in [-0.05, 0) is 35.4 Å². The molecule has 2 atom stereocenters. The van der Waals surface area contributed by atoms with Gasteiger partial charge in [0.05, 0.1) is 40.6 Å². The van der Waals surface area contributed by atoms with Gasteiger partial charge in [0.25, 0.3) is 0 Å². The Balaban J connectivity index is 1.84. The third-order valence-corrected chi connectivity index (χ3v) is 7.07. The van der Waals surface area contributed by atoms with Gasteiger partial charge >= 0.3 is 0 Å². The molecule has 2 N–H and O–H groups in total. The first-order chi connectivity index (χ1) is 16.5. The number of rotatable bonds is 12. The lowest BCUT2D eigenvalue weighted by molar-refractivity contribution is 0.0505. The van der Waals surface area contributed by atoms with Gasteiger partial charge in [-0.25, -0.2) is 4.98 Å². The summed E-state index contributed by atoms with van der Waals surface area (Å²) in [6, 6.07) is 15.0. The summed E-state index contributed by atoms with van der Waals surface area (Å²) in [7, 11) is 0.539. The van der Waals surface area contributed by atoms with Gasteiger partial charge in [0.1, 0.15) is 11.6 Å². The van der Waals surface area contributed by atoms with E-state index in [1.165, 1.54) is 0 Å². The van der Waals surface area contributed by atoms with E-state index < -0.39 is 10.8 Å². The van der Waals surface area contributed by atoms with Crippen LogP contribution in [-0.2, 0) is 27.8 Å². The monoisotopic (exact) mass is 522 g/mol. The van der Waals surface area contributed by atoms with E-state index in [1.54, 1.807) is 13.2 Å². The predicted octanol–water partition coefficient (Wildman–Crippen LogP) is 5.21. The molecule has 1 aromatic heterocycles. The molecular formula is C25H28Cl2N2O4S. The Morgan fingerprint density at radius 3 is 2.62 bits per heavy atom. The second-order valence-corrected chi connectivity index (χ2v) is 9.98. The number of nitrogens with zero attached hydrogens (tertiary/aromatic N) is 1. The number of methoxy groups -OCH3 is 1. The van der Waals surface area contributed by atoms with Crippen LogP contribution in [0.3, 0.4) is 0 Å². The van der Waals surface area contributed by atoms with E-state index in [9.17, 15) is 9.32 Å². The van der Waals surface area contributed by atoms with Crippen LogP contribution in [0.15, 0.2) is 58.5 Å². The number of benzene rings is 2. The molecule has 1 heterocycles. The molecule has 0 saturated heterocycles. The Bertz CT molecular complexity index is 1130. The molecule has 0 bridgehead atoms. The molecule has 0 spiro atoms. The van der Waals surface area contributed by atoms with Gasteiger partial charge in [-0.1, -0.05) is 48.9 Å². The summed E-state index contributed by atoms with van der Waals surface area (Å²) in [5.74, 6) is 1.67. The third-order valence-electron chi connectivity index (χ3n) is 5.24. The average molecular weight is 523 g/mol. The van der Waals surface area contributed by atoms with Gasteiger partial charge in [-0.2, -0.15) is 0 Å². The molecule has 3 rings (SSSR count). The second kappa shape index (κ2) is 13.1. The molecule has 182 valence electrons. The van der Waals surface area contributed by atoms with E-state index in [2.05, 4.69) is 9.97 Å². The van der Waals surface area contributed by atoms with Crippen LogP contribution in [0.1, 0.15) is 41.2 Å². The zero-order valence-corrected chi connectivity index (χ0v) is 21.4. The first kappa shape index (κ1) is 26.4. The fourth-order valence-electron chi connectivity index (χ4n) is 3.49. The van der Waals surface area contributed by atoms with E-state index in [4.69, 9.17) is 32.7 Å². The molecule has 2 aromatic carbocycles. The fourth-order valence-corrected chi connectivity index (χ4v) is 4.72. The van der Waals surface area contributed by atoms with E-state index in [1.807, 2.05) is 55.5 Å². The Hall–Kier alpha value is -2.16. The van der Waals surface area contributed by atoms with Crippen molar-refractivity contribution in [3.05, 3.63) is 81.9 Å². The molecule has 9 heteroatoms. The number of aliphatic hydroxyl groups excluding tert-OH is 1. The van der Waals surface area contributed by atoms with Crippen molar-refractivity contribution in [1.29, 1.82) is 0 Å². The minimum atomic E-state index is -1.03. The van der Waals surface area contributed by atoms with Gasteiger partial charge < -0.3 is 19.6 Å². The molecule has 34 heavy (non-hydrogen) atoms. The lowest BCUT2D eigenvalue weighted by Gasteiger charge is -2.12. The van der Waals surface area contributed by atoms with Crippen LogP contribution in [0.25, 0.3) is 6.08 Å². The smallest absolute Gasteiger partial charge is 0.188 e. The number of halogens is 2. The normalized spacial score (nSPS) is 13.6. The summed E-state index contributed by atoms with van der Waals surface area (Å²) >= 11 is 12.7. The average Bonchev–Trinajstić information content (AvgIpc) is 3.25. The van der Waals surface area contributed by atoms with Crippen LogP contribution in [0.5, 0.6) is 5.75 Å². The predicted molar refractivity (Wildman–Crippen MR) is 137 cm³/mol. The highest BCUT2D eigenvalue weighted by Gasteiger charge is 2.20. The lowest BCUT2D eigenvalue weighted by Crippen LogP contribution is -2.08. The van der Waals surface area contributed by atoms with E-state index in [0.29, 0.717) is 40.2 Å². The zero-order chi connectivity index (χ0) is 24.5. The summed E-state index contributed by atoms with van der Waals surface area (Å²) in [6.07, 6.45) is 2.22. The number of aliphatic hydroxyl groups is 1. The minimum absolute atomic E-state index is 0.146. The maximum atomic E-state index is 12.0. The van der Waals surface area contributed by atoms with Crippen LogP contribution >= 0.6 is 23.2 Å². The van der Waals surface area contributed by atoms with Gasteiger partial charge in [-0.15, -0.1) is 11.6 Å². The van der Waals surface area contributed by atoms with Gasteiger partial charge in [0.2, 0.25) is 0 Å². The summed E-state index contributed by atoms with van der Waals surface area (Å²) < 4.78 is 22.6. The van der Waals surface area contributed by atoms with Crippen molar-refractivity contribution in [3.8, 4) is 5.75 Å². The lowest BCUT2D eigenvalue weighted by atomic mass is 9.99. The quantitative estimate of drug-likeness (QED) is 0.252. The van der Waals surface area contributed by atoms with Crippen LogP contribution < -0.4 is 4.74 Å². The van der Waals surface area contributed by atoms with E-state index >= 15 is 0 Å². The number of allylic oxidation sites excluding steroid dienone is 1. The van der Waals surface area contributed by atoms with Crippen LogP contribution in [0.2, 0.25) is 0 Å². The number of para-hydroxylation sites is 1. The maximum absolute atomic E-state index is 12.0. The summed E-state index contributed by atoms with van der Waals surface area (Å²) in [4.78, 5) is 8.67. The fraction of sp³-hybridized carbons (Fsp3) is 0.320. The van der Waals surface area contributed by atoms with Crippen LogP contribution in [0, 0.1) is 0 Å². The SMILES string of the molecule is CCS(=O)c1ccc(C(CO)c2nc(/C=C(/Cl)Cc3ccccc3OCOC)c(CCl)[nH]2)cc1. The third kappa shape index (κ3) is 6.71. The number of imidazole rings is 1. The Labute approximate surface area is 212 Å². The van der Waals surface area contributed by atoms with Crippen molar-refractivity contribution in [2.45, 2.75) is 30.0 Å². The highest BCUT2D eigenvalue weighted by atomic mass is 35.5. The summed E-state index contributed by atoms with van der Waals surface area (Å²) in [5, 5.41) is 10.6. The van der Waals surface area contributed by atoms with Crippen molar-refractivity contribution in [2.24, 2.45) is 0 Å². The summed E-state index contributed by atoms with van der Waals surface area (Å²) in [5.41, 5.74) is 3.11. The van der Waals surface area contributed by atoms with Crippen molar-refractivity contribution in [2.75, 3.05) is 26.3 Å². The van der Waals surface area contributed by atoms with Crippen molar-refractivity contribution in [3.63, 3.8) is 0 Å². The molecule has 6 nitrogen and oxygen atoms in total. The van der Waals surface area contributed by atoms with Gasteiger partial charge in [0.15, 0.2) is 6.79 Å². The van der Waals surface area contributed by atoms with Crippen molar-refractivity contribution < 1.29 is 18.8 Å². The molecule has 0 radical (unpaired) electrons. The molecule has 2 unspecified atom stereocenters. The van der Waals surface area contributed by atoms with E-state index in [-0.39, 0.29) is 25.2 Å². The number of aromatic nitrogens is 2. The largest absolute Gasteiger partial charge is 0.467 e. The van der Waals surface area contributed by atoms with Crippen LogP contribution in [-0.4, -0.2) is 45.5 Å². The van der Waals surface area contributed by atoms with Gasteiger partial charge in [0, 0.05) is 29.2 Å². The van der Waals surface area contributed by atoms with Crippen LogP contribution in [0.4, 0.5) is 0 Å². The second-order valence-electron chi connectivity index (χ2n) is 7.48. The van der Waals surface area contributed by atoms with E-state index in [0.717, 1.165) is 16.0 Å². The Kier molecular flexibility index (Phi) is 10.2. The number of ether oxygens (including phenoxy) is 2. The van der Waals surface area contributed by atoms with Gasteiger partial charge in [-0.3, -0.25) is 4.21 Å². The molecule has 0 fully saturated rings. The zero-order valence-electron chi connectivity index (χ0n) is 19.1. The Morgan fingerprint density at radius 2 is 1.97 bits per heavy atom. The first-order valence-corrected chi connectivity index (χ1v) is 13.0. The molecule has 3 aromatic rings. The molecule has 0 saturated carbocycles. The van der Waals surface area contributed by atoms with Crippen molar-refractivity contribution >= 4 is 40.1 Å². The Morgan fingerprint density at radius 1 is 1.24 bits per heavy atom. The maximum Gasteiger partial charge on any atom is 0.188 e. The number of alkyl halides is 1. The minimum Gasteiger partial charge on any atom is -0.467 e. The number of H-pyrrole nitrogens is 1. The topological polar surface area (TPSA) is 84.4 Å².